The molecule has 0 aromatic carbocycles. The van der Waals surface area contributed by atoms with Crippen LogP contribution in [0.4, 0.5) is 13.2 Å². The highest BCUT2D eigenvalue weighted by molar-refractivity contribution is 5.80. The quantitative estimate of drug-likeness (QED) is 0.562. The van der Waals surface area contributed by atoms with E-state index in [1.807, 2.05) is 13.8 Å². The number of rotatable bonds is 6. The summed E-state index contributed by atoms with van der Waals surface area (Å²) in [4.78, 5) is 1.78. The molecule has 3 N–H and O–H groups in total. The zero-order valence-corrected chi connectivity index (χ0v) is 10.2. The van der Waals surface area contributed by atoms with Gasteiger partial charge >= 0.3 is 6.18 Å². The molecule has 1 aliphatic carbocycles. The van der Waals surface area contributed by atoms with Crippen molar-refractivity contribution < 1.29 is 13.2 Å². The molecular weight excluding hydrogens is 231 g/mol. The summed E-state index contributed by atoms with van der Waals surface area (Å²) in [6.07, 6.45) is -2.23. The maximum atomic E-state index is 12.7. The van der Waals surface area contributed by atoms with Crippen LogP contribution in [0.5, 0.6) is 0 Å². The maximum Gasteiger partial charge on any atom is 0.399 e. The van der Waals surface area contributed by atoms with Gasteiger partial charge in [0.15, 0.2) is 0 Å². The molecule has 0 radical (unpaired) electrons. The van der Waals surface area contributed by atoms with E-state index >= 15 is 0 Å². The molecule has 1 fully saturated rings. The van der Waals surface area contributed by atoms with Gasteiger partial charge in [-0.15, -0.1) is 0 Å². The average Bonchev–Trinajstić information content (AvgIpc) is 2.92. The minimum Gasteiger partial charge on any atom is -0.387 e. The van der Waals surface area contributed by atoms with E-state index in [0.717, 1.165) is 12.8 Å². The molecule has 1 aliphatic rings. The molecule has 0 aliphatic heterocycles. The zero-order chi connectivity index (χ0) is 13.2. The second-order valence-electron chi connectivity index (χ2n) is 5.04. The second-order valence-corrected chi connectivity index (χ2v) is 5.04. The lowest BCUT2D eigenvalue weighted by atomic mass is 10.1. The number of nitrogens with two attached hydrogens (primary N) is 1. The first kappa shape index (κ1) is 14.3. The number of hydrogen-bond acceptors (Lipinski definition) is 2. The van der Waals surface area contributed by atoms with Crippen molar-refractivity contribution in [3.63, 3.8) is 0 Å². The summed E-state index contributed by atoms with van der Waals surface area (Å²) in [5.74, 6) is -2.11. The van der Waals surface area contributed by atoms with Gasteiger partial charge in [0.25, 0.3) is 0 Å². The topological polar surface area (TPSA) is 53.1 Å². The smallest absolute Gasteiger partial charge is 0.387 e. The Balaban J connectivity index is 2.64. The number of halogens is 3. The summed E-state index contributed by atoms with van der Waals surface area (Å²) in [7, 11) is 0. The highest BCUT2D eigenvalue weighted by Crippen LogP contribution is 2.32. The predicted molar refractivity (Wildman–Crippen MR) is 60.9 cm³/mol. The fraction of sp³-hybridized carbons (Fsp3) is 0.909. The fourth-order valence-electron chi connectivity index (χ4n) is 1.74. The first-order chi connectivity index (χ1) is 7.71. The van der Waals surface area contributed by atoms with Gasteiger partial charge in [-0.05, 0) is 32.6 Å². The number of nitrogens with one attached hydrogen (secondary N) is 1. The number of hydrogen-bond donors (Lipinski definition) is 2. The molecule has 1 unspecified atom stereocenters. The minimum absolute atomic E-state index is 0.0415. The van der Waals surface area contributed by atoms with Crippen molar-refractivity contribution in [2.24, 2.45) is 17.6 Å². The van der Waals surface area contributed by atoms with E-state index in [9.17, 15) is 13.2 Å². The van der Waals surface area contributed by atoms with Crippen molar-refractivity contribution in [1.82, 2.24) is 4.90 Å². The maximum absolute atomic E-state index is 12.7. The van der Waals surface area contributed by atoms with Crippen molar-refractivity contribution in [3.05, 3.63) is 0 Å². The third kappa shape index (κ3) is 4.53. The highest BCUT2D eigenvalue weighted by Gasteiger charge is 2.43. The van der Waals surface area contributed by atoms with E-state index in [-0.39, 0.29) is 12.6 Å². The molecule has 100 valence electrons. The lowest BCUT2D eigenvalue weighted by Crippen LogP contribution is -2.46. The Morgan fingerprint density at radius 3 is 2.24 bits per heavy atom. The Morgan fingerprint density at radius 2 is 1.94 bits per heavy atom. The van der Waals surface area contributed by atoms with E-state index in [1.165, 1.54) is 0 Å². The van der Waals surface area contributed by atoms with E-state index < -0.39 is 17.9 Å². The van der Waals surface area contributed by atoms with Crippen LogP contribution in [-0.2, 0) is 0 Å². The molecular formula is C11H20F3N3. The number of alkyl halides is 3. The molecule has 0 spiro atoms. The molecule has 17 heavy (non-hydrogen) atoms. The number of nitrogens with zero attached hydrogens (tertiary/aromatic N) is 1. The van der Waals surface area contributed by atoms with Crippen LogP contribution in [0.3, 0.4) is 0 Å². The van der Waals surface area contributed by atoms with Gasteiger partial charge in [0, 0.05) is 19.1 Å². The summed E-state index contributed by atoms with van der Waals surface area (Å²) >= 11 is 0. The molecule has 0 saturated heterocycles. The van der Waals surface area contributed by atoms with Gasteiger partial charge in [0.1, 0.15) is 11.8 Å². The SMILES string of the molecule is CC(C)N(CC1CC1)CC(C(=N)N)C(F)(F)F. The summed E-state index contributed by atoms with van der Waals surface area (Å²) in [5, 5.41) is 7.07. The molecule has 0 bridgehead atoms. The van der Waals surface area contributed by atoms with Crippen molar-refractivity contribution in [1.29, 1.82) is 5.41 Å². The predicted octanol–water partition coefficient (Wildman–Crippen LogP) is 2.22. The van der Waals surface area contributed by atoms with Crippen molar-refractivity contribution in [2.75, 3.05) is 13.1 Å². The molecule has 1 rings (SSSR count). The van der Waals surface area contributed by atoms with Crippen LogP contribution in [0, 0.1) is 17.2 Å². The summed E-state index contributed by atoms with van der Waals surface area (Å²) in [5.41, 5.74) is 5.05. The van der Waals surface area contributed by atoms with Crippen LogP contribution in [-0.4, -0.2) is 36.0 Å². The van der Waals surface area contributed by atoms with Gasteiger partial charge in [-0.2, -0.15) is 13.2 Å². The van der Waals surface area contributed by atoms with E-state index in [1.54, 1.807) is 4.90 Å². The van der Waals surface area contributed by atoms with Crippen molar-refractivity contribution in [3.8, 4) is 0 Å². The molecule has 0 heterocycles. The minimum atomic E-state index is -4.43. The van der Waals surface area contributed by atoms with Crippen LogP contribution in [0.1, 0.15) is 26.7 Å². The highest BCUT2D eigenvalue weighted by atomic mass is 19.4. The van der Waals surface area contributed by atoms with Crippen LogP contribution in [0.25, 0.3) is 0 Å². The summed E-state index contributed by atoms with van der Waals surface area (Å²) in [6, 6.07) is 0.0415. The van der Waals surface area contributed by atoms with Crippen LogP contribution < -0.4 is 5.73 Å². The molecule has 1 atom stereocenters. The van der Waals surface area contributed by atoms with Crippen molar-refractivity contribution in [2.45, 2.75) is 38.9 Å². The number of amidine groups is 1. The van der Waals surface area contributed by atoms with E-state index in [4.69, 9.17) is 11.1 Å². The Hall–Kier alpha value is -0.780. The first-order valence-electron chi connectivity index (χ1n) is 5.86. The lowest BCUT2D eigenvalue weighted by Gasteiger charge is -2.31. The van der Waals surface area contributed by atoms with Gasteiger partial charge in [-0.3, -0.25) is 10.3 Å². The zero-order valence-electron chi connectivity index (χ0n) is 10.2. The fourth-order valence-corrected chi connectivity index (χ4v) is 1.74. The Labute approximate surface area is 99.7 Å². The third-order valence-electron chi connectivity index (χ3n) is 3.11. The normalized spacial score (nSPS) is 18.8. The van der Waals surface area contributed by atoms with Crippen LogP contribution in [0.15, 0.2) is 0 Å². The summed E-state index contributed by atoms with van der Waals surface area (Å²) in [6.45, 7) is 4.22. The van der Waals surface area contributed by atoms with Crippen LogP contribution in [0.2, 0.25) is 0 Å². The third-order valence-corrected chi connectivity index (χ3v) is 3.11. The largest absolute Gasteiger partial charge is 0.399 e. The summed E-state index contributed by atoms with van der Waals surface area (Å²) < 4.78 is 38.1. The van der Waals surface area contributed by atoms with Gasteiger partial charge < -0.3 is 5.73 Å². The second kappa shape index (κ2) is 5.25. The molecule has 0 amide bonds. The van der Waals surface area contributed by atoms with Gasteiger partial charge in [-0.1, -0.05) is 0 Å². The molecule has 0 aromatic rings. The van der Waals surface area contributed by atoms with Crippen LogP contribution >= 0.6 is 0 Å². The Kier molecular flexibility index (Phi) is 4.41. The van der Waals surface area contributed by atoms with Gasteiger partial charge in [0.05, 0.1) is 0 Å². The van der Waals surface area contributed by atoms with E-state index in [0.29, 0.717) is 12.5 Å². The standard InChI is InChI=1S/C11H20F3N3/c1-7(2)17(5-8-3-4-8)6-9(10(15)16)11(12,13)14/h7-9H,3-6H2,1-2H3,(H3,15,16). The van der Waals surface area contributed by atoms with E-state index in [2.05, 4.69) is 0 Å². The Morgan fingerprint density at radius 1 is 1.41 bits per heavy atom. The molecule has 3 nitrogen and oxygen atoms in total. The molecule has 1 saturated carbocycles. The van der Waals surface area contributed by atoms with Crippen molar-refractivity contribution >= 4 is 5.84 Å². The average molecular weight is 251 g/mol. The Bertz CT molecular complexity index is 272. The molecule has 0 aromatic heterocycles. The first-order valence-corrected chi connectivity index (χ1v) is 5.86. The van der Waals surface area contributed by atoms with Gasteiger partial charge in [0.2, 0.25) is 0 Å². The van der Waals surface area contributed by atoms with Gasteiger partial charge in [-0.25, -0.2) is 0 Å². The molecule has 6 heteroatoms. The monoisotopic (exact) mass is 251 g/mol. The lowest BCUT2D eigenvalue weighted by molar-refractivity contribution is -0.161.